The molecule has 1 aromatic carbocycles. The van der Waals surface area contributed by atoms with Crippen LogP contribution in [0.4, 0.5) is 8.78 Å². The van der Waals surface area contributed by atoms with Gasteiger partial charge in [-0.1, -0.05) is 6.07 Å². The fourth-order valence-corrected chi connectivity index (χ4v) is 3.99. The van der Waals surface area contributed by atoms with Crippen LogP contribution in [0.3, 0.4) is 0 Å². The van der Waals surface area contributed by atoms with E-state index in [1.54, 1.807) is 0 Å². The number of nitrogens with zero attached hydrogens (tertiary/aromatic N) is 3. The van der Waals surface area contributed by atoms with E-state index < -0.39 is 40.9 Å². The Morgan fingerprint density at radius 3 is 2.77 bits per heavy atom. The minimum Gasteiger partial charge on any atom is -0.503 e. The van der Waals surface area contributed by atoms with E-state index in [0.29, 0.717) is 19.1 Å². The Morgan fingerprint density at radius 2 is 2.06 bits per heavy atom. The monoisotopic (exact) mass is 433 g/mol. The van der Waals surface area contributed by atoms with Gasteiger partial charge in [0.2, 0.25) is 5.43 Å². The molecule has 0 saturated carbocycles. The molecule has 8 nitrogen and oxygen atoms in total. The summed E-state index contributed by atoms with van der Waals surface area (Å²) < 4.78 is 34.0. The second-order valence-corrected chi connectivity index (χ2v) is 7.79. The largest absolute Gasteiger partial charge is 0.503 e. The molecule has 0 bridgehead atoms. The van der Waals surface area contributed by atoms with Gasteiger partial charge >= 0.3 is 0 Å². The van der Waals surface area contributed by atoms with Crippen molar-refractivity contribution in [3.63, 3.8) is 0 Å². The first-order chi connectivity index (χ1) is 14.7. The van der Waals surface area contributed by atoms with Crippen LogP contribution in [0.2, 0.25) is 0 Å². The summed E-state index contributed by atoms with van der Waals surface area (Å²) in [5.41, 5.74) is -1.48. The average Bonchev–Trinajstić information content (AvgIpc) is 2.72. The van der Waals surface area contributed by atoms with Gasteiger partial charge in [0.05, 0.1) is 13.2 Å². The zero-order valence-corrected chi connectivity index (χ0v) is 17.0. The quantitative estimate of drug-likeness (QED) is 0.796. The van der Waals surface area contributed by atoms with E-state index in [1.165, 1.54) is 28.8 Å². The van der Waals surface area contributed by atoms with Crippen molar-refractivity contribution >= 4 is 11.8 Å². The van der Waals surface area contributed by atoms with Gasteiger partial charge in [0.15, 0.2) is 17.7 Å². The summed E-state index contributed by atoms with van der Waals surface area (Å²) in [6.45, 7) is 2.26. The molecule has 1 N–H and O–H groups in total. The van der Waals surface area contributed by atoms with Crippen molar-refractivity contribution in [2.75, 3.05) is 13.7 Å². The molecule has 2 aliphatic rings. The molecule has 2 aromatic rings. The first kappa shape index (κ1) is 21.0. The molecule has 1 fully saturated rings. The van der Waals surface area contributed by atoms with E-state index in [0.717, 1.165) is 11.0 Å². The molecule has 2 atom stereocenters. The van der Waals surface area contributed by atoms with Gasteiger partial charge in [0.1, 0.15) is 17.2 Å². The lowest BCUT2D eigenvalue weighted by Crippen LogP contribution is -2.57. The number of fused-ring (bicyclic) bond motifs is 2. The smallest absolute Gasteiger partial charge is 0.276 e. The first-order valence-corrected chi connectivity index (χ1v) is 9.79. The number of aromatic nitrogens is 1. The van der Waals surface area contributed by atoms with Crippen LogP contribution in [-0.2, 0) is 17.8 Å². The summed E-state index contributed by atoms with van der Waals surface area (Å²) in [7, 11) is 1.35. The highest BCUT2D eigenvalue weighted by atomic mass is 19.1. The number of benzene rings is 1. The molecule has 1 aromatic heterocycles. The molecule has 164 valence electrons. The van der Waals surface area contributed by atoms with Crippen molar-refractivity contribution in [2.45, 2.75) is 38.7 Å². The van der Waals surface area contributed by atoms with Gasteiger partial charge in [-0.3, -0.25) is 14.4 Å². The number of hydrogen-bond donors (Lipinski definition) is 1. The van der Waals surface area contributed by atoms with Gasteiger partial charge in [0.25, 0.3) is 11.8 Å². The molecule has 0 radical (unpaired) electrons. The lowest BCUT2D eigenvalue weighted by molar-refractivity contribution is -0.112. The number of ether oxygens (including phenoxy) is 1. The third-order valence-electron chi connectivity index (χ3n) is 5.68. The van der Waals surface area contributed by atoms with Crippen molar-refractivity contribution < 1.29 is 28.2 Å². The molecule has 2 amide bonds. The van der Waals surface area contributed by atoms with Gasteiger partial charge in [0, 0.05) is 37.5 Å². The van der Waals surface area contributed by atoms with E-state index in [4.69, 9.17) is 4.74 Å². The summed E-state index contributed by atoms with van der Waals surface area (Å²) in [5.74, 6) is -3.69. The van der Waals surface area contributed by atoms with Crippen LogP contribution in [0.5, 0.6) is 5.75 Å². The van der Waals surface area contributed by atoms with Crippen molar-refractivity contribution in [3.8, 4) is 5.75 Å². The maximum atomic E-state index is 13.9. The van der Waals surface area contributed by atoms with Crippen molar-refractivity contribution in [3.05, 3.63) is 63.1 Å². The number of halogens is 2. The summed E-state index contributed by atoms with van der Waals surface area (Å²) in [4.78, 5) is 41.1. The molecule has 0 unspecified atom stereocenters. The molecular weight excluding hydrogens is 412 g/mol. The Bertz CT molecular complexity index is 1130. The van der Waals surface area contributed by atoms with Gasteiger partial charge in [-0.25, -0.2) is 8.78 Å². The highest BCUT2D eigenvalue weighted by Gasteiger charge is 2.41. The van der Waals surface area contributed by atoms with Gasteiger partial charge in [-0.2, -0.15) is 0 Å². The predicted octanol–water partition coefficient (Wildman–Crippen LogP) is 1.70. The second kappa shape index (κ2) is 7.77. The molecule has 4 rings (SSSR count). The lowest BCUT2D eigenvalue weighted by atomic mass is 10.1. The van der Waals surface area contributed by atoms with Crippen LogP contribution >= 0.6 is 0 Å². The minimum absolute atomic E-state index is 0.0648. The average molecular weight is 433 g/mol. The molecule has 10 heteroatoms. The Balaban J connectivity index is 1.67. The second-order valence-electron chi connectivity index (χ2n) is 7.79. The third-order valence-corrected chi connectivity index (χ3v) is 5.68. The number of carbonyl (C=O) groups is 2. The highest BCUT2D eigenvalue weighted by Crippen LogP contribution is 2.29. The number of rotatable bonds is 3. The van der Waals surface area contributed by atoms with E-state index >= 15 is 0 Å². The van der Waals surface area contributed by atoms with Gasteiger partial charge in [-0.15, -0.1) is 0 Å². The van der Waals surface area contributed by atoms with Crippen LogP contribution in [0.15, 0.2) is 29.2 Å². The van der Waals surface area contributed by atoms with Crippen LogP contribution < -0.4 is 5.43 Å². The van der Waals surface area contributed by atoms with Crippen molar-refractivity contribution in [1.29, 1.82) is 0 Å². The van der Waals surface area contributed by atoms with Crippen molar-refractivity contribution in [1.82, 2.24) is 14.4 Å². The van der Waals surface area contributed by atoms with Crippen molar-refractivity contribution in [2.24, 2.45) is 0 Å². The highest BCUT2D eigenvalue weighted by molar-refractivity contribution is 5.99. The SMILES string of the molecule is C[C@@H]1CCO[C@H]2Cn3cc(C(=O)N(C)Cc4ccc(F)cc4F)c(=O)c(O)c3C(=O)N12. The number of carbonyl (C=O) groups excluding carboxylic acids is 2. The minimum atomic E-state index is -0.986. The summed E-state index contributed by atoms with van der Waals surface area (Å²) >= 11 is 0. The van der Waals surface area contributed by atoms with Crippen LogP contribution in [0.25, 0.3) is 0 Å². The van der Waals surface area contributed by atoms with E-state index in [-0.39, 0.29) is 36.0 Å². The van der Waals surface area contributed by atoms with Gasteiger partial charge in [-0.05, 0) is 19.4 Å². The maximum Gasteiger partial charge on any atom is 0.276 e. The standard InChI is InChI=1S/C21H21F2N3O5/c1-11-5-6-31-16-10-25-9-14(18(27)19(28)17(25)21(30)26(11)16)20(29)24(2)8-12-3-4-13(22)7-15(12)23/h3-4,7,9,11,16,28H,5-6,8,10H2,1-2H3/t11-,16+/m1/s1. The van der Waals surface area contributed by atoms with E-state index in [2.05, 4.69) is 0 Å². The molecule has 1 saturated heterocycles. The predicted molar refractivity (Wildman–Crippen MR) is 105 cm³/mol. The van der Waals surface area contributed by atoms with E-state index in [9.17, 15) is 28.3 Å². The topological polar surface area (TPSA) is 92.1 Å². The fraction of sp³-hybridized carbons (Fsp3) is 0.381. The third kappa shape index (κ3) is 3.56. The van der Waals surface area contributed by atoms with Crippen LogP contribution in [0.1, 0.15) is 39.8 Å². The fourth-order valence-electron chi connectivity index (χ4n) is 3.99. The number of pyridine rings is 1. The first-order valence-electron chi connectivity index (χ1n) is 9.79. The lowest BCUT2D eigenvalue weighted by Gasteiger charge is -2.44. The molecule has 3 heterocycles. The number of aromatic hydroxyl groups is 1. The van der Waals surface area contributed by atoms with Crippen LogP contribution in [-0.4, -0.2) is 57.2 Å². The zero-order chi connectivity index (χ0) is 22.4. The van der Waals surface area contributed by atoms with Crippen LogP contribution in [0, 0.1) is 11.6 Å². The Labute approximate surface area is 176 Å². The van der Waals surface area contributed by atoms with Gasteiger partial charge < -0.3 is 24.2 Å². The summed E-state index contributed by atoms with van der Waals surface area (Å²) in [6, 6.07) is 2.86. The molecular formula is C21H21F2N3O5. The number of hydrogen-bond acceptors (Lipinski definition) is 5. The number of amides is 2. The Hall–Kier alpha value is -3.27. The molecule has 2 aliphatic heterocycles. The molecule has 0 spiro atoms. The zero-order valence-electron chi connectivity index (χ0n) is 17.0. The normalized spacial score (nSPS) is 20.3. The van der Waals surface area contributed by atoms with E-state index in [1.807, 2.05) is 6.92 Å². The Morgan fingerprint density at radius 1 is 1.32 bits per heavy atom. The maximum absolute atomic E-state index is 13.9. The molecule has 0 aliphatic carbocycles. The molecule has 31 heavy (non-hydrogen) atoms. The Kier molecular flexibility index (Phi) is 5.26. The summed E-state index contributed by atoms with van der Waals surface area (Å²) in [6.07, 6.45) is 1.28. The summed E-state index contributed by atoms with van der Waals surface area (Å²) in [5, 5.41) is 10.5.